The summed E-state index contributed by atoms with van der Waals surface area (Å²) in [7, 11) is 0. The molecule has 0 aliphatic rings. The van der Waals surface area contributed by atoms with Crippen LogP contribution in [0, 0.1) is 0 Å². The minimum Gasteiger partial charge on any atom is -0.492 e. The first-order valence-corrected chi connectivity index (χ1v) is 8.97. The van der Waals surface area contributed by atoms with Gasteiger partial charge in [-0.05, 0) is 37.3 Å². The Bertz CT molecular complexity index is 1120. The lowest BCUT2D eigenvalue weighted by atomic mass is 10.3. The molecule has 0 radical (unpaired) electrons. The maximum atomic E-state index is 12.4. The molecule has 1 aromatic heterocycles. The second-order valence-electron chi connectivity index (χ2n) is 5.86. The molecule has 0 aliphatic heterocycles. The molecule has 28 heavy (non-hydrogen) atoms. The summed E-state index contributed by atoms with van der Waals surface area (Å²) in [6.45, 7) is 1.99. The molecular formula is C20H18ClN3O4. The van der Waals surface area contributed by atoms with Gasteiger partial charge >= 0.3 is 11.1 Å². The van der Waals surface area contributed by atoms with Crippen LogP contribution >= 0.6 is 11.6 Å². The largest absolute Gasteiger partial charge is 0.492 e. The number of carbonyl (C=O) groups excluding carboxylic acids is 1. The highest BCUT2D eigenvalue weighted by atomic mass is 35.5. The second kappa shape index (κ2) is 8.58. The van der Waals surface area contributed by atoms with E-state index in [0.717, 1.165) is 4.57 Å². The van der Waals surface area contributed by atoms with Crippen LogP contribution in [0.3, 0.4) is 0 Å². The van der Waals surface area contributed by atoms with E-state index in [1.165, 1.54) is 17.0 Å². The maximum Gasteiger partial charge on any atom is 0.320 e. The van der Waals surface area contributed by atoms with E-state index in [1.54, 1.807) is 48.5 Å². The number of benzene rings is 2. The van der Waals surface area contributed by atoms with Gasteiger partial charge in [-0.25, -0.2) is 0 Å². The zero-order valence-electron chi connectivity index (χ0n) is 15.1. The number of rotatable bonds is 6. The van der Waals surface area contributed by atoms with Crippen molar-refractivity contribution in [2.24, 2.45) is 0 Å². The number of halogens is 1. The molecule has 0 unspecified atom stereocenters. The molecule has 3 aromatic rings. The van der Waals surface area contributed by atoms with Gasteiger partial charge in [0.25, 0.3) is 0 Å². The Kier molecular flexibility index (Phi) is 5.96. The minimum atomic E-state index is -0.810. The van der Waals surface area contributed by atoms with E-state index < -0.39 is 17.0 Å². The van der Waals surface area contributed by atoms with E-state index in [1.807, 2.05) is 6.92 Å². The van der Waals surface area contributed by atoms with Gasteiger partial charge in [0.05, 0.1) is 18.0 Å². The predicted molar refractivity (Wildman–Crippen MR) is 108 cm³/mol. The number of hydrogen-bond donors (Lipinski definition) is 1. The molecule has 0 saturated carbocycles. The highest BCUT2D eigenvalue weighted by molar-refractivity contribution is 6.30. The molecule has 144 valence electrons. The number of nitrogens with zero attached hydrogens (tertiary/aromatic N) is 2. The van der Waals surface area contributed by atoms with Crippen molar-refractivity contribution in [1.29, 1.82) is 0 Å². The molecule has 0 aliphatic carbocycles. The first-order valence-electron chi connectivity index (χ1n) is 8.59. The summed E-state index contributed by atoms with van der Waals surface area (Å²) in [6.07, 6.45) is 2.81. The van der Waals surface area contributed by atoms with Crippen molar-refractivity contribution in [1.82, 2.24) is 9.13 Å². The van der Waals surface area contributed by atoms with Crippen molar-refractivity contribution >= 4 is 23.2 Å². The predicted octanol–water partition coefficient (Wildman–Crippen LogP) is 2.69. The van der Waals surface area contributed by atoms with Crippen LogP contribution in [0.1, 0.15) is 6.92 Å². The zero-order chi connectivity index (χ0) is 20.1. The van der Waals surface area contributed by atoms with Gasteiger partial charge < -0.3 is 10.1 Å². The third-order valence-electron chi connectivity index (χ3n) is 3.92. The molecule has 0 saturated heterocycles. The average Bonchev–Trinajstić information content (AvgIpc) is 2.67. The summed E-state index contributed by atoms with van der Waals surface area (Å²) in [5, 5.41) is 3.14. The number of ether oxygens (including phenoxy) is 1. The first-order chi connectivity index (χ1) is 13.5. The molecular weight excluding hydrogens is 382 g/mol. The smallest absolute Gasteiger partial charge is 0.320 e. The third-order valence-corrected chi connectivity index (χ3v) is 4.15. The van der Waals surface area contributed by atoms with Gasteiger partial charge in [-0.15, -0.1) is 0 Å². The number of anilines is 1. The number of aromatic nitrogens is 2. The van der Waals surface area contributed by atoms with Gasteiger partial charge in [0.2, 0.25) is 5.91 Å². The van der Waals surface area contributed by atoms with Crippen molar-refractivity contribution < 1.29 is 9.53 Å². The van der Waals surface area contributed by atoms with Crippen molar-refractivity contribution in [2.45, 2.75) is 13.5 Å². The van der Waals surface area contributed by atoms with E-state index in [2.05, 4.69) is 5.32 Å². The summed E-state index contributed by atoms with van der Waals surface area (Å²) in [6, 6.07) is 13.6. The minimum absolute atomic E-state index is 0.301. The quantitative estimate of drug-likeness (QED) is 0.646. The van der Waals surface area contributed by atoms with Crippen LogP contribution in [-0.2, 0) is 11.3 Å². The van der Waals surface area contributed by atoms with Crippen LogP contribution in [0.5, 0.6) is 5.75 Å². The zero-order valence-corrected chi connectivity index (χ0v) is 15.8. The topological polar surface area (TPSA) is 82.3 Å². The lowest BCUT2D eigenvalue weighted by molar-refractivity contribution is -0.116. The number of nitrogens with one attached hydrogen (secondary N) is 1. The SMILES string of the molecule is CCOc1ccccc1NC(=O)Cn1ccn(-c2cccc(Cl)c2)c(=O)c1=O. The molecule has 7 nitrogen and oxygen atoms in total. The molecule has 1 amide bonds. The normalized spacial score (nSPS) is 10.5. The Morgan fingerprint density at radius 2 is 1.86 bits per heavy atom. The molecule has 0 atom stereocenters. The monoisotopic (exact) mass is 399 g/mol. The third kappa shape index (κ3) is 4.32. The molecule has 0 fully saturated rings. The summed E-state index contributed by atoms with van der Waals surface area (Å²) < 4.78 is 7.70. The van der Waals surface area contributed by atoms with Crippen molar-refractivity contribution in [3.8, 4) is 11.4 Å². The number of para-hydroxylation sites is 2. The summed E-state index contributed by atoms with van der Waals surface area (Å²) in [5.74, 6) is 0.0798. The van der Waals surface area contributed by atoms with Crippen LogP contribution < -0.4 is 21.2 Å². The number of hydrogen-bond acceptors (Lipinski definition) is 4. The van der Waals surface area contributed by atoms with Gasteiger partial charge in [0, 0.05) is 17.4 Å². The molecule has 8 heteroatoms. The van der Waals surface area contributed by atoms with E-state index in [4.69, 9.17) is 16.3 Å². The highest BCUT2D eigenvalue weighted by Crippen LogP contribution is 2.23. The van der Waals surface area contributed by atoms with E-state index >= 15 is 0 Å². The first kappa shape index (κ1) is 19.4. The molecule has 1 N–H and O–H groups in total. The summed E-state index contributed by atoms with van der Waals surface area (Å²) in [4.78, 5) is 37.2. The Hall–Kier alpha value is -3.32. The van der Waals surface area contributed by atoms with Gasteiger partial charge in [-0.2, -0.15) is 0 Å². The van der Waals surface area contributed by atoms with Gasteiger partial charge in [-0.1, -0.05) is 29.8 Å². The Morgan fingerprint density at radius 3 is 2.61 bits per heavy atom. The van der Waals surface area contributed by atoms with Gasteiger partial charge in [-0.3, -0.25) is 23.5 Å². The lowest BCUT2D eigenvalue weighted by Crippen LogP contribution is -2.41. The highest BCUT2D eigenvalue weighted by Gasteiger charge is 2.12. The van der Waals surface area contributed by atoms with Crippen LogP contribution in [0.25, 0.3) is 5.69 Å². The summed E-state index contributed by atoms with van der Waals surface area (Å²) in [5.41, 5.74) is -0.616. The van der Waals surface area contributed by atoms with E-state index in [9.17, 15) is 14.4 Å². The van der Waals surface area contributed by atoms with Crippen LogP contribution in [-0.4, -0.2) is 21.6 Å². The molecule has 1 heterocycles. The number of amides is 1. The fraction of sp³-hybridized carbons (Fsp3) is 0.150. The van der Waals surface area contributed by atoms with Gasteiger partial charge in [0.1, 0.15) is 12.3 Å². The second-order valence-corrected chi connectivity index (χ2v) is 6.30. The standard InChI is InChI=1S/C20H18ClN3O4/c1-2-28-17-9-4-3-8-16(17)22-18(25)13-23-10-11-24(20(27)19(23)26)15-7-5-6-14(21)12-15/h3-12H,2,13H2,1H3,(H,22,25). The molecule has 3 rings (SSSR count). The fourth-order valence-electron chi connectivity index (χ4n) is 2.66. The molecule has 2 aromatic carbocycles. The van der Waals surface area contributed by atoms with Crippen LogP contribution in [0.15, 0.2) is 70.5 Å². The average molecular weight is 400 g/mol. The van der Waals surface area contributed by atoms with Crippen LogP contribution in [0.4, 0.5) is 5.69 Å². The van der Waals surface area contributed by atoms with Gasteiger partial charge in [0.15, 0.2) is 0 Å². The van der Waals surface area contributed by atoms with Crippen molar-refractivity contribution in [3.05, 3.63) is 86.7 Å². The lowest BCUT2D eigenvalue weighted by Gasteiger charge is -2.12. The maximum absolute atomic E-state index is 12.4. The van der Waals surface area contributed by atoms with E-state index in [-0.39, 0.29) is 6.54 Å². The van der Waals surface area contributed by atoms with Crippen LogP contribution in [0.2, 0.25) is 5.02 Å². The van der Waals surface area contributed by atoms with Crippen molar-refractivity contribution in [2.75, 3.05) is 11.9 Å². The Balaban J connectivity index is 1.82. The summed E-state index contributed by atoms with van der Waals surface area (Å²) >= 11 is 5.94. The molecule has 0 bridgehead atoms. The molecule has 0 spiro atoms. The number of carbonyl (C=O) groups is 1. The van der Waals surface area contributed by atoms with Crippen molar-refractivity contribution in [3.63, 3.8) is 0 Å². The Morgan fingerprint density at radius 1 is 1.07 bits per heavy atom. The fourth-order valence-corrected chi connectivity index (χ4v) is 2.84. The van der Waals surface area contributed by atoms with E-state index in [0.29, 0.717) is 28.8 Å². The Labute approximate surface area is 165 Å².